The van der Waals surface area contributed by atoms with Crippen molar-refractivity contribution in [2.45, 2.75) is 110 Å². The second-order valence-electron chi connectivity index (χ2n) is 16.5. The fraction of sp³-hybridized carbons (Fsp3) is 0.413. The maximum Gasteiger partial charge on any atom is 0.333 e. The molecule has 1 fully saturated rings. The molecule has 1 aromatic heterocycles. The van der Waals surface area contributed by atoms with Crippen LogP contribution >= 0.6 is 11.6 Å². The van der Waals surface area contributed by atoms with Crippen molar-refractivity contribution in [3.8, 4) is 0 Å². The predicted molar refractivity (Wildman–Crippen MR) is 231 cm³/mol. The number of allylic oxidation sites excluding steroid dienone is 6. The first-order valence-corrected chi connectivity index (χ1v) is 22.4. The second-order valence-corrected chi connectivity index (χ2v) is 18.5. The van der Waals surface area contributed by atoms with Crippen molar-refractivity contribution in [2.24, 2.45) is 4.99 Å². The number of benzene rings is 2. The zero-order valence-corrected chi connectivity index (χ0v) is 36.1. The summed E-state index contributed by atoms with van der Waals surface area (Å²) in [5.41, 5.74) is 7.27. The van der Waals surface area contributed by atoms with Crippen LogP contribution < -0.4 is 9.47 Å². The molecule has 3 aromatic rings. The van der Waals surface area contributed by atoms with Crippen LogP contribution in [0.4, 0.5) is 11.5 Å². The van der Waals surface area contributed by atoms with Gasteiger partial charge in [-0.05, 0) is 97.5 Å². The SMILES string of the molecule is CCCC[n+]1cc(Cl)cc2c1N=C(/C=C/C(=C/C=C1/N(CCCS(=O)(=O)O)c3ccccc3C1(C)C)c1cccc(CCCCC(=O)ON3C(=O)CCC3=O)c1)C2(C)C. The molecule has 1 saturated heterocycles. The third-order valence-corrected chi connectivity index (χ3v) is 12.4. The Bertz CT molecular complexity index is 2350. The Hall–Kier alpha value is -4.91. The van der Waals surface area contributed by atoms with E-state index < -0.39 is 38.7 Å². The first kappa shape index (κ1) is 43.7. The molecule has 3 aliphatic rings. The van der Waals surface area contributed by atoms with Crippen molar-refractivity contribution < 1.29 is 36.8 Å². The number of nitrogens with zero attached hydrogens (tertiary/aromatic N) is 4. The third kappa shape index (κ3) is 10.1. The van der Waals surface area contributed by atoms with Crippen molar-refractivity contribution in [1.82, 2.24) is 5.06 Å². The van der Waals surface area contributed by atoms with Crippen molar-refractivity contribution in [3.63, 3.8) is 0 Å². The number of carbonyl (C=O) groups excluding carboxylic acids is 3. The molecule has 6 rings (SSSR count). The van der Waals surface area contributed by atoms with Crippen molar-refractivity contribution in [3.05, 3.63) is 118 Å². The molecule has 1 N–H and O–H groups in total. The molecule has 0 aliphatic carbocycles. The van der Waals surface area contributed by atoms with Crippen LogP contribution in [0.3, 0.4) is 0 Å². The van der Waals surface area contributed by atoms with Gasteiger partial charge in [-0.1, -0.05) is 93.4 Å². The number of para-hydroxylation sites is 1. The van der Waals surface area contributed by atoms with E-state index in [1.165, 1.54) is 0 Å². The molecule has 0 radical (unpaired) electrons. The Kier molecular flexibility index (Phi) is 13.4. The normalized spacial score (nSPS) is 17.9. The number of imide groups is 1. The van der Waals surface area contributed by atoms with Crippen LogP contribution in [0, 0.1) is 0 Å². The molecule has 0 bridgehead atoms. The van der Waals surface area contributed by atoms with Crippen molar-refractivity contribution in [2.75, 3.05) is 17.2 Å². The monoisotopic (exact) mass is 841 g/mol. The summed E-state index contributed by atoms with van der Waals surface area (Å²) in [4.78, 5) is 48.5. The van der Waals surface area contributed by atoms with E-state index in [1.807, 2.05) is 36.5 Å². The van der Waals surface area contributed by atoms with Gasteiger partial charge in [-0.15, -0.1) is 5.06 Å². The molecular weight excluding hydrogens is 788 g/mol. The van der Waals surface area contributed by atoms with E-state index in [2.05, 4.69) is 92.7 Å². The Labute approximate surface area is 352 Å². The quantitative estimate of drug-likeness (QED) is 0.0469. The average Bonchev–Trinajstić information content (AvgIpc) is 3.72. The standard InChI is InChI=1S/C46H53ClN4O7S/c1-6-7-26-49-31-35(47)30-37-44(49)48-39(45(37,2)3)22-20-33(21-23-40-46(4,5)36-17-9-10-18-38(36)50(40)27-13-28-59(55,56)57)34-16-12-15-32(29-34)14-8-11-19-43(54)58-51-41(52)24-25-42(51)53/h9-10,12,15-18,20-23,29-31H,6-8,11,13-14,19,24-28H2,1-5H3/p+1. The first-order valence-electron chi connectivity index (χ1n) is 20.4. The number of amides is 2. The fourth-order valence-electron chi connectivity index (χ4n) is 8.01. The maximum absolute atomic E-state index is 12.4. The van der Waals surface area contributed by atoms with Crippen molar-refractivity contribution >= 4 is 62.3 Å². The van der Waals surface area contributed by atoms with Crippen LogP contribution in [0.1, 0.15) is 108 Å². The van der Waals surface area contributed by atoms with Gasteiger partial charge in [0.1, 0.15) is 6.20 Å². The van der Waals surface area contributed by atoms with Crippen molar-refractivity contribution in [1.29, 1.82) is 0 Å². The van der Waals surface area contributed by atoms with E-state index in [1.54, 1.807) is 0 Å². The van der Waals surface area contributed by atoms with Crippen LogP contribution in [0.15, 0.2) is 95.8 Å². The van der Waals surface area contributed by atoms with Crippen LogP contribution in [0.2, 0.25) is 5.02 Å². The molecule has 0 atom stereocenters. The van der Waals surface area contributed by atoms with Gasteiger partial charge >= 0.3 is 11.8 Å². The average molecular weight is 842 g/mol. The molecule has 59 heavy (non-hydrogen) atoms. The number of aliphatic imine (C=N–C) groups is 1. The van der Waals surface area contributed by atoms with Gasteiger partial charge in [0, 0.05) is 42.6 Å². The number of rotatable bonds is 17. The smallest absolute Gasteiger partial charge is 0.333 e. The molecule has 0 unspecified atom stereocenters. The first-order chi connectivity index (χ1) is 28.0. The largest absolute Gasteiger partial charge is 0.344 e. The summed E-state index contributed by atoms with van der Waals surface area (Å²) < 4.78 is 35.0. The van der Waals surface area contributed by atoms with E-state index in [0.29, 0.717) is 35.9 Å². The summed E-state index contributed by atoms with van der Waals surface area (Å²) in [6.07, 6.45) is 14.7. The Morgan fingerprint density at radius 1 is 0.966 bits per heavy atom. The summed E-state index contributed by atoms with van der Waals surface area (Å²) in [5, 5.41) is 1.26. The van der Waals surface area contributed by atoms with Gasteiger partial charge in [-0.25, -0.2) is 9.36 Å². The maximum atomic E-state index is 12.4. The summed E-state index contributed by atoms with van der Waals surface area (Å²) in [6.45, 7) is 12.0. The van der Waals surface area contributed by atoms with E-state index >= 15 is 0 Å². The number of carbonyl (C=O) groups is 3. The van der Waals surface area contributed by atoms with E-state index in [-0.39, 0.29) is 31.4 Å². The number of halogens is 1. The highest BCUT2D eigenvalue weighted by atomic mass is 35.5. The van der Waals surface area contributed by atoms with Crippen LogP contribution in [0.5, 0.6) is 0 Å². The topological polar surface area (TPSA) is 138 Å². The fourth-order valence-corrected chi connectivity index (χ4v) is 8.73. The Morgan fingerprint density at radius 2 is 1.71 bits per heavy atom. The summed E-state index contributed by atoms with van der Waals surface area (Å²) in [5.74, 6) is -1.01. The highest BCUT2D eigenvalue weighted by Gasteiger charge is 2.43. The molecule has 11 nitrogen and oxygen atoms in total. The number of hydroxylamine groups is 2. The summed E-state index contributed by atoms with van der Waals surface area (Å²) in [7, 11) is -4.12. The highest BCUT2D eigenvalue weighted by Crippen LogP contribution is 2.48. The predicted octanol–water partition coefficient (Wildman–Crippen LogP) is 8.71. The molecule has 2 amide bonds. The van der Waals surface area contributed by atoms with Gasteiger partial charge in [0.25, 0.3) is 21.9 Å². The Morgan fingerprint density at radius 3 is 2.44 bits per heavy atom. The second kappa shape index (κ2) is 18.1. The van der Waals surface area contributed by atoms with Gasteiger partial charge in [0.05, 0.1) is 28.3 Å². The number of pyridine rings is 1. The molecule has 2 aromatic carbocycles. The molecule has 3 aliphatic heterocycles. The number of aryl methyl sites for hydroxylation is 2. The zero-order chi connectivity index (χ0) is 42.5. The molecule has 0 saturated carbocycles. The summed E-state index contributed by atoms with van der Waals surface area (Å²) in [6, 6.07) is 18.4. The molecule has 0 spiro atoms. The number of aromatic nitrogens is 1. The lowest BCUT2D eigenvalue weighted by Crippen LogP contribution is -2.35. The van der Waals surface area contributed by atoms with E-state index in [9.17, 15) is 27.4 Å². The molecule has 13 heteroatoms. The Balaban J connectivity index is 1.32. The number of anilines is 1. The lowest BCUT2D eigenvalue weighted by Gasteiger charge is -2.27. The van der Waals surface area contributed by atoms with Gasteiger partial charge in [-0.2, -0.15) is 8.42 Å². The van der Waals surface area contributed by atoms with Gasteiger partial charge in [0.15, 0.2) is 5.71 Å². The number of hydrogen-bond donors (Lipinski definition) is 1. The number of hydrogen-bond acceptors (Lipinski definition) is 8. The van der Waals surface area contributed by atoms with Gasteiger partial charge in [0.2, 0.25) is 0 Å². The minimum absolute atomic E-state index is 0.0549. The minimum Gasteiger partial charge on any atom is -0.344 e. The zero-order valence-electron chi connectivity index (χ0n) is 34.5. The van der Waals surface area contributed by atoms with E-state index in [0.717, 1.165) is 70.1 Å². The molecular formula is C46H54ClN4O7S+. The van der Waals surface area contributed by atoms with Crippen LogP contribution in [-0.2, 0) is 53.1 Å². The lowest BCUT2D eigenvalue weighted by molar-refractivity contribution is -0.684. The van der Waals surface area contributed by atoms with Crippen LogP contribution in [-0.4, -0.2) is 53.8 Å². The number of unbranched alkanes of at least 4 members (excludes halogenated alkanes) is 2. The van der Waals surface area contributed by atoms with Gasteiger partial charge < -0.3 is 9.74 Å². The third-order valence-electron chi connectivity index (χ3n) is 11.3. The highest BCUT2D eigenvalue weighted by molar-refractivity contribution is 7.85. The lowest BCUT2D eigenvalue weighted by atomic mass is 9.81. The molecule has 4 heterocycles. The van der Waals surface area contributed by atoms with Gasteiger partial charge in [-0.3, -0.25) is 14.1 Å². The number of fused-ring (bicyclic) bond motifs is 2. The summed E-state index contributed by atoms with van der Waals surface area (Å²) >= 11 is 6.64. The minimum atomic E-state index is -4.12. The van der Waals surface area contributed by atoms with Crippen LogP contribution in [0.25, 0.3) is 5.57 Å². The van der Waals surface area contributed by atoms with E-state index in [4.69, 9.17) is 21.4 Å². The molecule has 312 valence electrons.